The van der Waals surface area contributed by atoms with Crippen molar-refractivity contribution in [2.45, 2.75) is 19.3 Å². The van der Waals surface area contributed by atoms with E-state index in [0.717, 1.165) is 5.69 Å². The maximum Gasteiger partial charge on any atom is 0.258 e. The van der Waals surface area contributed by atoms with Gasteiger partial charge in [-0.3, -0.25) is 9.59 Å². The molecule has 0 unspecified atom stereocenters. The summed E-state index contributed by atoms with van der Waals surface area (Å²) in [6.45, 7) is 0. The monoisotopic (exact) mass is 321 g/mol. The number of amides is 1. The van der Waals surface area contributed by atoms with E-state index in [1.807, 2.05) is 48.5 Å². The minimum absolute atomic E-state index is 0.0457. The number of rotatable bonds is 5. The van der Waals surface area contributed by atoms with Crippen molar-refractivity contribution in [3.05, 3.63) is 70.8 Å². The largest absolute Gasteiger partial charge is 0.316 e. The number of fused-ring (bicyclic) bond motifs is 1. The lowest BCUT2D eigenvalue weighted by molar-refractivity contribution is -0.118. The molecule has 2 aromatic carbocycles. The lowest BCUT2D eigenvalue weighted by Gasteiger charge is -2.17. The van der Waals surface area contributed by atoms with Crippen LogP contribution in [-0.4, -0.2) is 22.9 Å². The minimum Gasteiger partial charge on any atom is -0.316 e. The molecule has 0 saturated heterocycles. The van der Waals surface area contributed by atoms with Crippen LogP contribution in [0.15, 0.2) is 59.4 Å². The van der Waals surface area contributed by atoms with E-state index in [2.05, 4.69) is 9.97 Å². The summed E-state index contributed by atoms with van der Waals surface area (Å²) in [5, 5.41) is 0.584. The Balaban J connectivity index is 1.62. The molecule has 3 rings (SSSR count). The molecular formula is C19H19N3O2. The summed E-state index contributed by atoms with van der Waals surface area (Å²) in [5.41, 5.74) is 1.42. The number of nitrogens with one attached hydrogen (secondary N) is 1. The number of nitrogens with zero attached hydrogens (tertiary/aromatic N) is 2. The van der Waals surface area contributed by atoms with E-state index in [0.29, 0.717) is 36.0 Å². The third-order valence-corrected chi connectivity index (χ3v) is 3.98. The van der Waals surface area contributed by atoms with Crippen LogP contribution in [-0.2, 0) is 11.2 Å². The highest BCUT2D eigenvalue weighted by atomic mass is 16.2. The first-order valence-electron chi connectivity index (χ1n) is 7.95. The van der Waals surface area contributed by atoms with Gasteiger partial charge in [0, 0.05) is 25.6 Å². The van der Waals surface area contributed by atoms with Crippen LogP contribution in [0.4, 0.5) is 5.69 Å². The lowest BCUT2D eigenvalue weighted by Crippen LogP contribution is -2.26. The van der Waals surface area contributed by atoms with E-state index < -0.39 is 0 Å². The zero-order valence-corrected chi connectivity index (χ0v) is 13.5. The molecule has 0 radical (unpaired) electrons. The number of anilines is 1. The lowest BCUT2D eigenvalue weighted by atomic mass is 10.2. The van der Waals surface area contributed by atoms with Gasteiger partial charge in [-0.15, -0.1) is 0 Å². The number of carbonyl (C=O) groups excluding carboxylic acids is 1. The predicted octanol–water partition coefficient (Wildman–Crippen LogP) is 2.91. The average Bonchev–Trinajstić information content (AvgIpc) is 2.62. The van der Waals surface area contributed by atoms with Gasteiger partial charge >= 0.3 is 0 Å². The summed E-state index contributed by atoms with van der Waals surface area (Å²) in [7, 11) is 1.77. The first-order valence-corrected chi connectivity index (χ1v) is 7.95. The molecule has 1 N–H and O–H groups in total. The summed E-state index contributed by atoms with van der Waals surface area (Å²) >= 11 is 0. The quantitative estimate of drug-likeness (QED) is 0.786. The van der Waals surface area contributed by atoms with Crippen molar-refractivity contribution in [3.8, 4) is 0 Å². The Labute approximate surface area is 140 Å². The number of benzene rings is 2. The summed E-state index contributed by atoms with van der Waals surface area (Å²) in [6.07, 6.45) is 1.60. The van der Waals surface area contributed by atoms with Crippen LogP contribution >= 0.6 is 0 Å². The van der Waals surface area contributed by atoms with Crippen molar-refractivity contribution in [1.29, 1.82) is 0 Å². The Bertz CT molecular complexity index is 903. The highest BCUT2D eigenvalue weighted by Crippen LogP contribution is 2.13. The molecule has 0 bridgehead atoms. The van der Waals surface area contributed by atoms with E-state index in [-0.39, 0.29) is 11.5 Å². The van der Waals surface area contributed by atoms with E-state index in [9.17, 15) is 9.59 Å². The van der Waals surface area contributed by atoms with Gasteiger partial charge in [0.1, 0.15) is 5.82 Å². The molecule has 0 spiro atoms. The van der Waals surface area contributed by atoms with Gasteiger partial charge in [0.2, 0.25) is 5.91 Å². The number of H-pyrrole nitrogens is 1. The van der Waals surface area contributed by atoms with Gasteiger partial charge in [0.25, 0.3) is 5.56 Å². The van der Waals surface area contributed by atoms with Crippen LogP contribution in [0.1, 0.15) is 18.7 Å². The zero-order valence-electron chi connectivity index (χ0n) is 13.5. The van der Waals surface area contributed by atoms with Gasteiger partial charge in [-0.25, -0.2) is 4.98 Å². The summed E-state index contributed by atoms with van der Waals surface area (Å²) < 4.78 is 0. The normalized spacial score (nSPS) is 10.7. The molecule has 1 heterocycles. The highest BCUT2D eigenvalue weighted by Gasteiger charge is 2.11. The van der Waals surface area contributed by atoms with Crippen LogP contribution in [0.3, 0.4) is 0 Å². The second-order valence-electron chi connectivity index (χ2n) is 5.67. The number of aromatic nitrogens is 2. The Hall–Kier alpha value is -2.95. The van der Waals surface area contributed by atoms with Crippen molar-refractivity contribution in [2.24, 2.45) is 0 Å². The molecule has 0 aliphatic carbocycles. The number of hydrogen-bond acceptors (Lipinski definition) is 3. The second-order valence-corrected chi connectivity index (χ2v) is 5.67. The van der Waals surface area contributed by atoms with E-state index in [1.165, 1.54) is 0 Å². The topological polar surface area (TPSA) is 66.1 Å². The first-order chi connectivity index (χ1) is 11.6. The van der Waals surface area contributed by atoms with Crippen LogP contribution in [0.25, 0.3) is 10.9 Å². The Kier molecular flexibility index (Phi) is 4.70. The SMILES string of the molecule is CN(C(=O)CCCc1nc2ccccc2c(=O)[nH]1)c1ccccc1. The van der Waals surface area contributed by atoms with Gasteiger partial charge in [-0.05, 0) is 30.7 Å². The molecular weight excluding hydrogens is 302 g/mol. The third-order valence-electron chi connectivity index (χ3n) is 3.98. The molecule has 5 nitrogen and oxygen atoms in total. The van der Waals surface area contributed by atoms with Crippen LogP contribution in [0.2, 0.25) is 0 Å². The van der Waals surface area contributed by atoms with Crippen LogP contribution in [0, 0.1) is 0 Å². The molecule has 24 heavy (non-hydrogen) atoms. The maximum absolute atomic E-state index is 12.2. The third kappa shape index (κ3) is 3.51. The van der Waals surface area contributed by atoms with Crippen molar-refractivity contribution in [1.82, 2.24) is 9.97 Å². The highest BCUT2D eigenvalue weighted by molar-refractivity contribution is 5.92. The molecule has 0 aliphatic heterocycles. The van der Waals surface area contributed by atoms with Crippen molar-refractivity contribution in [2.75, 3.05) is 11.9 Å². The van der Waals surface area contributed by atoms with E-state index in [1.54, 1.807) is 18.0 Å². The number of para-hydroxylation sites is 2. The molecule has 5 heteroatoms. The number of hydrogen-bond donors (Lipinski definition) is 1. The number of aromatic amines is 1. The fraction of sp³-hybridized carbons (Fsp3) is 0.211. The van der Waals surface area contributed by atoms with Crippen LogP contribution < -0.4 is 10.5 Å². The Morgan fingerprint density at radius 2 is 1.79 bits per heavy atom. The molecule has 1 amide bonds. The van der Waals surface area contributed by atoms with E-state index in [4.69, 9.17) is 0 Å². The number of carbonyl (C=O) groups is 1. The predicted molar refractivity (Wildman–Crippen MR) is 95.2 cm³/mol. The molecule has 0 aliphatic rings. The van der Waals surface area contributed by atoms with Gasteiger partial charge in [0.15, 0.2) is 0 Å². The molecule has 0 fully saturated rings. The van der Waals surface area contributed by atoms with Gasteiger partial charge in [-0.2, -0.15) is 0 Å². The first kappa shape index (κ1) is 15.9. The van der Waals surface area contributed by atoms with Crippen LogP contribution in [0.5, 0.6) is 0 Å². The average molecular weight is 321 g/mol. The fourth-order valence-corrected chi connectivity index (χ4v) is 2.62. The zero-order chi connectivity index (χ0) is 16.9. The molecule has 0 atom stereocenters. The smallest absolute Gasteiger partial charge is 0.258 e. The fourth-order valence-electron chi connectivity index (χ4n) is 2.62. The second kappa shape index (κ2) is 7.08. The summed E-state index contributed by atoms with van der Waals surface area (Å²) in [5.74, 6) is 0.665. The van der Waals surface area contributed by atoms with Gasteiger partial charge in [-0.1, -0.05) is 30.3 Å². The number of aryl methyl sites for hydroxylation is 1. The standard InChI is InChI=1S/C19H19N3O2/c1-22(14-8-3-2-4-9-14)18(23)13-7-12-17-20-16-11-6-5-10-15(16)19(24)21-17/h2-6,8-11H,7,12-13H2,1H3,(H,20,21,24). The van der Waals surface area contributed by atoms with Crippen molar-refractivity contribution < 1.29 is 4.79 Å². The van der Waals surface area contributed by atoms with E-state index >= 15 is 0 Å². The molecule has 122 valence electrons. The van der Waals surface area contributed by atoms with Crippen molar-refractivity contribution >= 4 is 22.5 Å². The van der Waals surface area contributed by atoms with Gasteiger partial charge < -0.3 is 9.88 Å². The van der Waals surface area contributed by atoms with Gasteiger partial charge in [0.05, 0.1) is 10.9 Å². The minimum atomic E-state index is -0.136. The summed E-state index contributed by atoms with van der Waals surface area (Å²) in [4.78, 5) is 33.2. The Morgan fingerprint density at radius 1 is 1.08 bits per heavy atom. The van der Waals surface area contributed by atoms with Crippen molar-refractivity contribution in [3.63, 3.8) is 0 Å². The summed E-state index contributed by atoms with van der Waals surface area (Å²) in [6, 6.07) is 16.8. The molecule has 0 saturated carbocycles. The maximum atomic E-state index is 12.2. The Morgan fingerprint density at radius 3 is 2.58 bits per heavy atom. The molecule has 1 aromatic heterocycles. The molecule has 3 aromatic rings.